The van der Waals surface area contributed by atoms with Crippen molar-refractivity contribution in [3.8, 4) is 5.75 Å². The molecular weight excluding hydrogens is 382 g/mol. The Morgan fingerprint density at radius 1 is 1.21 bits per heavy atom. The number of hydrogen-bond acceptors (Lipinski definition) is 6. The van der Waals surface area contributed by atoms with Crippen LogP contribution in [0.15, 0.2) is 54.6 Å². The van der Waals surface area contributed by atoms with E-state index in [-0.39, 0.29) is 10.8 Å². The molecule has 0 aliphatic heterocycles. The Balaban J connectivity index is 1.89. The monoisotopic (exact) mass is 401 g/mol. The van der Waals surface area contributed by atoms with Crippen LogP contribution >= 0.6 is 12.2 Å². The van der Waals surface area contributed by atoms with Gasteiger partial charge in [0.2, 0.25) is 5.91 Å². The van der Waals surface area contributed by atoms with Gasteiger partial charge in [-0.2, -0.15) is 0 Å². The summed E-state index contributed by atoms with van der Waals surface area (Å²) >= 11 is 5.12. The van der Waals surface area contributed by atoms with E-state index in [1.165, 1.54) is 24.3 Å². The maximum atomic E-state index is 12.0. The number of non-ortho nitro benzene ring substituents is 1. The Bertz CT molecular complexity index is 885. The van der Waals surface area contributed by atoms with Gasteiger partial charge in [-0.05, 0) is 36.0 Å². The number of hydrogen-bond donors (Lipinski definition) is 2. The minimum Gasteiger partial charge on any atom is -0.491 e. The molecule has 0 bridgehead atoms. The summed E-state index contributed by atoms with van der Waals surface area (Å²) < 4.78 is 10.4. The van der Waals surface area contributed by atoms with Crippen molar-refractivity contribution in [3.63, 3.8) is 0 Å². The van der Waals surface area contributed by atoms with Gasteiger partial charge < -0.3 is 14.8 Å². The molecule has 2 N–H and O–H groups in total. The molecule has 0 saturated carbocycles. The van der Waals surface area contributed by atoms with Crippen molar-refractivity contribution in [2.75, 3.05) is 25.6 Å². The highest BCUT2D eigenvalue weighted by Crippen LogP contribution is 2.17. The van der Waals surface area contributed by atoms with E-state index in [1.54, 1.807) is 43.5 Å². The fourth-order valence-corrected chi connectivity index (χ4v) is 2.35. The number of nitro benzene ring substituents is 1. The second-order valence-corrected chi connectivity index (χ2v) is 5.91. The number of anilines is 1. The SMILES string of the molecule is COCCOc1cccc(NC(=S)NC(=O)/C=C/c2cccc([N+](=O)[O-])c2)c1. The van der Waals surface area contributed by atoms with Crippen molar-refractivity contribution in [1.29, 1.82) is 0 Å². The number of carbonyl (C=O) groups is 1. The summed E-state index contributed by atoms with van der Waals surface area (Å²) in [4.78, 5) is 22.3. The van der Waals surface area contributed by atoms with Crippen LogP contribution in [-0.4, -0.2) is 36.3 Å². The number of methoxy groups -OCH3 is 1. The van der Waals surface area contributed by atoms with Gasteiger partial charge in [0.15, 0.2) is 5.11 Å². The molecule has 2 rings (SSSR count). The fourth-order valence-electron chi connectivity index (χ4n) is 2.14. The number of nitrogens with one attached hydrogen (secondary N) is 2. The van der Waals surface area contributed by atoms with E-state index in [0.29, 0.717) is 30.2 Å². The van der Waals surface area contributed by atoms with Crippen molar-refractivity contribution >= 4 is 40.7 Å². The van der Waals surface area contributed by atoms with Crippen LogP contribution in [0, 0.1) is 10.1 Å². The average molecular weight is 401 g/mol. The molecule has 0 spiro atoms. The van der Waals surface area contributed by atoms with Crippen molar-refractivity contribution in [2.24, 2.45) is 0 Å². The van der Waals surface area contributed by atoms with Crippen molar-refractivity contribution in [3.05, 3.63) is 70.3 Å². The molecule has 0 aromatic heterocycles. The third kappa shape index (κ3) is 7.14. The lowest BCUT2D eigenvalue weighted by atomic mass is 10.2. The molecule has 8 nitrogen and oxygen atoms in total. The molecule has 28 heavy (non-hydrogen) atoms. The average Bonchev–Trinajstić information content (AvgIpc) is 2.67. The van der Waals surface area contributed by atoms with E-state index in [4.69, 9.17) is 21.7 Å². The summed E-state index contributed by atoms with van der Waals surface area (Å²) in [5.74, 6) is 0.179. The summed E-state index contributed by atoms with van der Waals surface area (Å²) in [5.41, 5.74) is 1.14. The standard InChI is InChI=1S/C19H19N3O5S/c1-26-10-11-27-17-7-3-5-15(13-17)20-19(28)21-18(23)9-8-14-4-2-6-16(12-14)22(24)25/h2-9,12-13H,10-11H2,1H3,(H2,20,21,23,28)/b9-8+. The zero-order valence-corrected chi connectivity index (χ0v) is 15.9. The number of rotatable bonds is 8. The Hall–Kier alpha value is -3.30. The minimum absolute atomic E-state index is 0.0488. The molecule has 0 radical (unpaired) electrons. The smallest absolute Gasteiger partial charge is 0.270 e. The summed E-state index contributed by atoms with van der Waals surface area (Å²) in [6.45, 7) is 0.895. The Labute approximate surface area is 167 Å². The highest BCUT2D eigenvalue weighted by atomic mass is 32.1. The summed E-state index contributed by atoms with van der Waals surface area (Å²) in [7, 11) is 1.59. The Kier molecular flexibility index (Phi) is 8.07. The lowest BCUT2D eigenvalue weighted by Crippen LogP contribution is -2.32. The second-order valence-electron chi connectivity index (χ2n) is 5.50. The van der Waals surface area contributed by atoms with Crippen LogP contribution in [0.4, 0.5) is 11.4 Å². The number of nitrogens with zero attached hydrogens (tertiary/aromatic N) is 1. The molecule has 0 unspecified atom stereocenters. The third-order valence-electron chi connectivity index (χ3n) is 3.39. The van der Waals surface area contributed by atoms with Gasteiger partial charge in [-0.15, -0.1) is 0 Å². The maximum absolute atomic E-state index is 12.0. The Morgan fingerprint density at radius 3 is 2.75 bits per heavy atom. The van der Waals surface area contributed by atoms with Gasteiger partial charge in [-0.3, -0.25) is 20.2 Å². The lowest BCUT2D eigenvalue weighted by Gasteiger charge is -2.10. The molecule has 2 aromatic rings. The molecule has 0 heterocycles. The van der Waals surface area contributed by atoms with E-state index < -0.39 is 10.8 Å². The van der Waals surface area contributed by atoms with Gasteiger partial charge in [0.1, 0.15) is 12.4 Å². The molecule has 9 heteroatoms. The van der Waals surface area contributed by atoms with Crippen LogP contribution < -0.4 is 15.4 Å². The van der Waals surface area contributed by atoms with E-state index >= 15 is 0 Å². The molecule has 2 aromatic carbocycles. The highest BCUT2D eigenvalue weighted by molar-refractivity contribution is 7.80. The summed E-state index contributed by atoms with van der Waals surface area (Å²) in [6.07, 6.45) is 2.71. The van der Waals surface area contributed by atoms with Gasteiger partial charge in [0.25, 0.3) is 5.69 Å². The van der Waals surface area contributed by atoms with Crippen LogP contribution in [0.25, 0.3) is 6.08 Å². The normalized spacial score (nSPS) is 10.5. The molecule has 0 aliphatic rings. The summed E-state index contributed by atoms with van der Waals surface area (Å²) in [5, 5.41) is 16.3. The van der Waals surface area contributed by atoms with Crippen molar-refractivity contribution < 1.29 is 19.2 Å². The topological polar surface area (TPSA) is 103 Å². The number of thiocarbonyl (C=S) groups is 1. The predicted molar refractivity (Wildman–Crippen MR) is 110 cm³/mol. The van der Waals surface area contributed by atoms with Crippen LogP contribution in [0.5, 0.6) is 5.75 Å². The quantitative estimate of drug-likeness (QED) is 0.230. The molecular formula is C19H19N3O5S. The first kappa shape index (κ1) is 21.0. The van der Waals surface area contributed by atoms with Crippen molar-refractivity contribution in [2.45, 2.75) is 0 Å². The number of benzene rings is 2. The summed E-state index contributed by atoms with van der Waals surface area (Å²) in [6, 6.07) is 13.1. The highest BCUT2D eigenvalue weighted by Gasteiger charge is 2.05. The zero-order valence-electron chi connectivity index (χ0n) is 15.1. The number of amides is 1. The lowest BCUT2D eigenvalue weighted by molar-refractivity contribution is -0.384. The molecule has 0 aliphatic carbocycles. The largest absolute Gasteiger partial charge is 0.491 e. The van der Waals surface area contributed by atoms with E-state index in [9.17, 15) is 14.9 Å². The number of nitro groups is 1. The van der Waals surface area contributed by atoms with Gasteiger partial charge in [0.05, 0.1) is 11.5 Å². The van der Waals surface area contributed by atoms with Gasteiger partial charge in [-0.25, -0.2) is 0 Å². The molecule has 1 amide bonds. The minimum atomic E-state index is -0.496. The van der Waals surface area contributed by atoms with Gasteiger partial charge in [0, 0.05) is 37.1 Å². The molecule has 0 atom stereocenters. The first-order valence-electron chi connectivity index (χ1n) is 8.24. The molecule has 0 fully saturated rings. The maximum Gasteiger partial charge on any atom is 0.270 e. The number of carbonyl (C=O) groups excluding carboxylic acids is 1. The van der Waals surface area contributed by atoms with Crippen LogP contribution in [0.1, 0.15) is 5.56 Å². The van der Waals surface area contributed by atoms with Crippen LogP contribution in [-0.2, 0) is 9.53 Å². The van der Waals surface area contributed by atoms with E-state index in [1.807, 2.05) is 0 Å². The molecule has 0 saturated heterocycles. The third-order valence-corrected chi connectivity index (χ3v) is 3.60. The van der Waals surface area contributed by atoms with Gasteiger partial charge in [-0.1, -0.05) is 18.2 Å². The fraction of sp³-hybridized carbons (Fsp3) is 0.158. The van der Waals surface area contributed by atoms with Crippen LogP contribution in [0.2, 0.25) is 0 Å². The molecule has 146 valence electrons. The number of ether oxygens (including phenoxy) is 2. The van der Waals surface area contributed by atoms with Crippen molar-refractivity contribution in [1.82, 2.24) is 5.32 Å². The van der Waals surface area contributed by atoms with Crippen LogP contribution in [0.3, 0.4) is 0 Å². The predicted octanol–water partition coefficient (Wildman–Crippen LogP) is 3.15. The Morgan fingerprint density at radius 2 is 2.00 bits per heavy atom. The van der Waals surface area contributed by atoms with Gasteiger partial charge >= 0.3 is 0 Å². The second kappa shape index (κ2) is 10.8. The zero-order chi connectivity index (χ0) is 20.4. The first-order valence-corrected chi connectivity index (χ1v) is 8.65. The van der Waals surface area contributed by atoms with E-state index in [0.717, 1.165) is 0 Å². The first-order chi connectivity index (χ1) is 13.5. The van der Waals surface area contributed by atoms with E-state index in [2.05, 4.69) is 10.6 Å².